The van der Waals surface area contributed by atoms with Gasteiger partial charge in [-0.1, -0.05) is 198 Å². The van der Waals surface area contributed by atoms with Crippen LogP contribution in [0.25, 0.3) is 33.4 Å². The van der Waals surface area contributed by atoms with Crippen molar-refractivity contribution in [2.75, 3.05) is 4.90 Å². The van der Waals surface area contributed by atoms with Gasteiger partial charge in [0.05, 0.1) is 16.8 Å². The summed E-state index contributed by atoms with van der Waals surface area (Å²) in [4.78, 5) is 2.54. The van der Waals surface area contributed by atoms with E-state index in [2.05, 4.69) is 233 Å². The molecule has 0 heterocycles. The number of nitrogens with zero attached hydrogens (tertiary/aromatic N) is 1. The SMILES string of the molecule is CC1(C)CCC(C)(C)c2c(-c3cc4c(cc3N(c3ccccc3)c3ccccc3-c3ccccc3)C(c3ccccc3)(c3ccccc3)c3ccccc3-4)cccc21. The molecule has 0 radical (unpaired) electrons. The van der Waals surface area contributed by atoms with Gasteiger partial charge in [0.25, 0.3) is 0 Å². The van der Waals surface area contributed by atoms with E-state index >= 15 is 0 Å². The van der Waals surface area contributed by atoms with Gasteiger partial charge in [0.1, 0.15) is 0 Å². The van der Waals surface area contributed by atoms with Crippen LogP contribution < -0.4 is 4.90 Å². The number of hydrogen-bond donors (Lipinski definition) is 0. The van der Waals surface area contributed by atoms with Crippen LogP contribution in [0.5, 0.6) is 0 Å². The number of para-hydroxylation sites is 2. The fourth-order valence-electron chi connectivity index (χ4n) is 10.3. The van der Waals surface area contributed by atoms with E-state index in [0.717, 1.165) is 24.2 Å². The zero-order valence-electron chi connectivity index (χ0n) is 33.9. The molecule has 2 aliphatic rings. The topological polar surface area (TPSA) is 3.24 Å². The number of anilines is 3. The lowest BCUT2D eigenvalue weighted by molar-refractivity contribution is 0.333. The highest BCUT2D eigenvalue weighted by molar-refractivity contribution is 5.99. The van der Waals surface area contributed by atoms with Gasteiger partial charge in [0.2, 0.25) is 0 Å². The predicted octanol–water partition coefficient (Wildman–Crippen LogP) is 15.2. The lowest BCUT2D eigenvalue weighted by Gasteiger charge is -2.43. The third kappa shape index (κ3) is 5.59. The molecular weight excluding hydrogens is 699 g/mol. The Balaban J connectivity index is 1.39. The van der Waals surface area contributed by atoms with Gasteiger partial charge in [-0.05, 0) is 110 Å². The van der Waals surface area contributed by atoms with Crippen LogP contribution in [0.4, 0.5) is 17.1 Å². The Morgan fingerprint density at radius 1 is 0.362 bits per heavy atom. The summed E-state index contributed by atoms with van der Waals surface area (Å²) in [6.45, 7) is 9.79. The highest BCUT2D eigenvalue weighted by atomic mass is 15.1. The molecule has 0 spiro atoms. The molecule has 8 aromatic carbocycles. The molecule has 0 aromatic heterocycles. The molecule has 8 aromatic rings. The van der Waals surface area contributed by atoms with Crippen LogP contribution in [0, 0.1) is 0 Å². The molecule has 0 unspecified atom stereocenters. The smallest absolute Gasteiger partial charge is 0.0714 e. The molecule has 0 atom stereocenters. The van der Waals surface area contributed by atoms with Crippen molar-refractivity contribution in [1.82, 2.24) is 0 Å². The van der Waals surface area contributed by atoms with Crippen molar-refractivity contribution in [2.45, 2.75) is 56.8 Å². The summed E-state index contributed by atoms with van der Waals surface area (Å²) in [7, 11) is 0. The van der Waals surface area contributed by atoms with Crippen LogP contribution in [0.3, 0.4) is 0 Å². The van der Waals surface area contributed by atoms with E-state index in [1.165, 1.54) is 72.4 Å². The van der Waals surface area contributed by atoms with Gasteiger partial charge in [0.15, 0.2) is 0 Å². The summed E-state index contributed by atoms with van der Waals surface area (Å²) in [6, 6.07) is 74.5. The average Bonchev–Trinajstić information content (AvgIpc) is 3.56. The second kappa shape index (κ2) is 13.9. The summed E-state index contributed by atoms with van der Waals surface area (Å²) in [5.41, 5.74) is 18.6. The molecule has 58 heavy (non-hydrogen) atoms. The molecule has 10 rings (SSSR count). The van der Waals surface area contributed by atoms with Gasteiger partial charge in [0, 0.05) is 16.8 Å². The Morgan fingerprint density at radius 2 is 0.879 bits per heavy atom. The molecular formula is C57H49N. The molecule has 0 fully saturated rings. The molecule has 0 aliphatic heterocycles. The van der Waals surface area contributed by atoms with E-state index in [9.17, 15) is 0 Å². The zero-order valence-corrected chi connectivity index (χ0v) is 33.9. The fourth-order valence-corrected chi connectivity index (χ4v) is 10.3. The van der Waals surface area contributed by atoms with Gasteiger partial charge >= 0.3 is 0 Å². The van der Waals surface area contributed by atoms with Crippen molar-refractivity contribution >= 4 is 17.1 Å². The maximum Gasteiger partial charge on any atom is 0.0714 e. The lowest BCUT2D eigenvalue weighted by atomic mass is 9.61. The Morgan fingerprint density at radius 3 is 1.55 bits per heavy atom. The zero-order chi connectivity index (χ0) is 39.5. The Bertz CT molecular complexity index is 2720. The third-order valence-electron chi connectivity index (χ3n) is 13.2. The minimum atomic E-state index is -0.541. The van der Waals surface area contributed by atoms with Crippen molar-refractivity contribution in [3.05, 3.63) is 234 Å². The molecule has 0 amide bonds. The first-order valence-electron chi connectivity index (χ1n) is 20.8. The summed E-state index contributed by atoms with van der Waals surface area (Å²) >= 11 is 0. The van der Waals surface area contributed by atoms with E-state index in [1.54, 1.807) is 0 Å². The molecule has 282 valence electrons. The van der Waals surface area contributed by atoms with E-state index < -0.39 is 5.41 Å². The summed E-state index contributed by atoms with van der Waals surface area (Å²) in [5.74, 6) is 0. The largest absolute Gasteiger partial charge is 0.309 e. The number of benzene rings is 8. The van der Waals surface area contributed by atoms with E-state index in [0.29, 0.717) is 0 Å². The molecule has 0 saturated heterocycles. The average molecular weight is 748 g/mol. The van der Waals surface area contributed by atoms with Gasteiger partial charge in [-0.2, -0.15) is 0 Å². The normalized spacial score (nSPS) is 15.5. The highest BCUT2D eigenvalue weighted by Gasteiger charge is 2.47. The maximum absolute atomic E-state index is 2.57. The van der Waals surface area contributed by atoms with Crippen molar-refractivity contribution in [3.8, 4) is 33.4 Å². The molecule has 0 saturated carbocycles. The van der Waals surface area contributed by atoms with Crippen LogP contribution in [-0.2, 0) is 16.2 Å². The Kier molecular flexibility index (Phi) is 8.61. The second-order valence-corrected chi connectivity index (χ2v) is 17.5. The van der Waals surface area contributed by atoms with Crippen LogP contribution in [0.15, 0.2) is 200 Å². The molecule has 1 heteroatoms. The highest BCUT2D eigenvalue weighted by Crippen LogP contribution is 2.60. The van der Waals surface area contributed by atoms with Gasteiger partial charge in [-0.15, -0.1) is 0 Å². The second-order valence-electron chi connectivity index (χ2n) is 17.5. The number of fused-ring (bicyclic) bond motifs is 4. The minimum Gasteiger partial charge on any atom is -0.309 e. The first-order valence-corrected chi connectivity index (χ1v) is 20.8. The van der Waals surface area contributed by atoms with Crippen molar-refractivity contribution < 1.29 is 0 Å². The van der Waals surface area contributed by atoms with E-state index in [1.807, 2.05) is 0 Å². The third-order valence-corrected chi connectivity index (χ3v) is 13.2. The predicted molar refractivity (Wildman–Crippen MR) is 245 cm³/mol. The quantitative estimate of drug-likeness (QED) is 0.157. The first-order chi connectivity index (χ1) is 28.3. The van der Waals surface area contributed by atoms with E-state index in [-0.39, 0.29) is 10.8 Å². The molecule has 2 aliphatic carbocycles. The summed E-state index contributed by atoms with van der Waals surface area (Å²) in [6.07, 6.45) is 2.30. The van der Waals surface area contributed by atoms with Crippen LogP contribution in [0.2, 0.25) is 0 Å². The Labute approximate surface area is 344 Å². The summed E-state index contributed by atoms with van der Waals surface area (Å²) in [5, 5.41) is 0. The standard InChI is InChI=1S/C57H49N/c1-55(2)36-37-56(3,4)54-46(32-21-34-50(54)55)48-38-47-45-31-17-19-33-49(45)57(41-24-11-6-12-25-41,42-26-13-7-14-27-42)51(47)39-53(48)58(43-28-15-8-16-29-43)52-35-20-18-30-44(52)40-22-9-5-10-23-40/h5-35,38-39H,36-37H2,1-4H3. The van der Waals surface area contributed by atoms with Crippen LogP contribution in [0.1, 0.15) is 73.9 Å². The minimum absolute atomic E-state index is 0.00695. The number of hydrogen-bond acceptors (Lipinski definition) is 1. The molecule has 0 N–H and O–H groups in total. The van der Waals surface area contributed by atoms with Gasteiger partial charge in [-0.25, -0.2) is 0 Å². The van der Waals surface area contributed by atoms with Crippen molar-refractivity contribution in [2.24, 2.45) is 0 Å². The first kappa shape index (κ1) is 35.9. The monoisotopic (exact) mass is 747 g/mol. The fraction of sp³-hybridized carbons (Fsp3) is 0.158. The lowest BCUT2D eigenvalue weighted by Crippen LogP contribution is -2.34. The Hall–Kier alpha value is -6.44. The summed E-state index contributed by atoms with van der Waals surface area (Å²) < 4.78 is 0. The van der Waals surface area contributed by atoms with E-state index in [4.69, 9.17) is 0 Å². The molecule has 1 nitrogen and oxygen atoms in total. The van der Waals surface area contributed by atoms with Crippen LogP contribution >= 0.6 is 0 Å². The van der Waals surface area contributed by atoms with Crippen LogP contribution in [-0.4, -0.2) is 0 Å². The van der Waals surface area contributed by atoms with Gasteiger partial charge < -0.3 is 4.90 Å². The van der Waals surface area contributed by atoms with Gasteiger partial charge in [-0.3, -0.25) is 0 Å². The molecule has 0 bridgehead atoms. The van der Waals surface area contributed by atoms with Crippen molar-refractivity contribution in [1.29, 1.82) is 0 Å². The number of rotatable bonds is 7. The maximum atomic E-state index is 2.57. The van der Waals surface area contributed by atoms with Crippen molar-refractivity contribution in [3.63, 3.8) is 0 Å².